The molecule has 2 aromatic rings. The molecule has 0 bridgehead atoms. The summed E-state index contributed by atoms with van der Waals surface area (Å²) in [6, 6.07) is 8.06. The molecule has 1 aromatic carbocycles. The maximum atomic E-state index is 12.2. The fourth-order valence-electron chi connectivity index (χ4n) is 3.51. The van der Waals surface area contributed by atoms with E-state index in [0.717, 1.165) is 18.4 Å². The number of fused-ring (bicyclic) bond motifs is 1. The van der Waals surface area contributed by atoms with Gasteiger partial charge in [0.05, 0.1) is 18.2 Å². The van der Waals surface area contributed by atoms with Crippen molar-refractivity contribution in [3.8, 4) is 0 Å². The number of rotatable bonds is 5. The van der Waals surface area contributed by atoms with Gasteiger partial charge in [-0.1, -0.05) is 18.2 Å². The highest BCUT2D eigenvalue weighted by molar-refractivity contribution is 5.97. The van der Waals surface area contributed by atoms with Gasteiger partial charge in [0.2, 0.25) is 5.91 Å². The number of benzene rings is 1. The molecular formula is C21H26N2O3. The van der Waals surface area contributed by atoms with Crippen molar-refractivity contribution < 1.29 is 14.0 Å². The zero-order chi connectivity index (χ0) is 18.7. The lowest BCUT2D eigenvalue weighted by Gasteiger charge is -2.20. The first kappa shape index (κ1) is 18.2. The van der Waals surface area contributed by atoms with Crippen LogP contribution in [0.2, 0.25) is 0 Å². The molecule has 138 valence electrons. The van der Waals surface area contributed by atoms with Crippen molar-refractivity contribution in [3.05, 3.63) is 58.0 Å². The van der Waals surface area contributed by atoms with Gasteiger partial charge in [-0.25, -0.2) is 0 Å². The molecule has 1 aromatic heterocycles. The number of carbonyl (C=O) groups excluding carboxylic acids is 2. The predicted octanol–water partition coefficient (Wildman–Crippen LogP) is 3.38. The summed E-state index contributed by atoms with van der Waals surface area (Å²) in [6.07, 6.45) is 4.75. The Labute approximate surface area is 154 Å². The van der Waals surface area contributed by atoms with Gasteiger partial charge in [0.1, 0.15) is 11.5 Å². The van der Waals surface area contributed by atoms with E-state index in [-0.39, 0.29) is 24.4 Å². The van der Waals surface area contributed by atoms with Crippen LogP contribution < -0.4 is 10.6 Å². The van der Waals surface area contributed by atoms with Crippen molar-refractivity contribution in [2.24, 2.45) is 0 Å². The molecule has 1 atom stereocenters. The Morgan fingerprint density at radius 1 is 1.12 bits per heavy atom. The van der Waals surface area contributed by atoms with Gasteiger partial charge in [-0.15, -0.1) is 0 Å². The summed E-state index contributed by atoms with van der Waals surface area (Å²) in [4.78, 5) is 24.3. The van der Waals surface area contributed by atoms with Gasteiger partial charge in [0.25, 0.3) is 5.91 Å². The predicted molar refractivity (Wildman–Crippen MR) is 100 cm³/mol. The van der Waals surface area contributed by atoms with Crippen molar-refractivity contribution in [1.29, 1.82) is 0 Å². The van der Waals surface area contributed by atoms with Crippen molar-refractivity contribution >= 4 is 11.8 Å². The van der Waals surface area contributed by atoms with Gasteiger partial charge in [0, 0.05) is 0 Å². The topological polar surface area (TPSA) is 71.3 Å². The van der Waals surface area contributed by atoms with Gasteiger partial charge in [0.15, 0.2) is 0 Å². The molecule has 1 heterocycles. The lowest BCUT2D eigenvalue weighted by atomic mass is 9.89. The number of nitrogens with one attached hydrogen (secondary N) is 2. The first-order chi connectivity index (χ1) is 12.4. The van der Waals surface area contributed by atoms with Gasteiger partial charge in [-0.3, -0.25) is 9.59 Å². The smallest absolute Gasteiger partial charge is 0.255 e. The minimum atomic E-state index is -0.295. The standard InChI is InChI=1S/C21H26N2O3/c1-13-10-19(15(3)26-13)21(25)22-12-20(24)23-14(2)17-9-8-16-6-4-5-7-18(16)11-17/h8-11,14H,4-7,12H2,1-3H3,(H,22,25)(H,23,24)/t14-/m0/s1. The maximum absolute atomic E-state index is 12.2. The van der Waals surface area contributed by atoms with Crippen LogP contribution in [0.3, 0.4) is 0 Å². The van der Waals surface area contributed by atoms with Crippen LogP contribution in [0, 0.1) is 13.8 Å². The Kier molecular flexibility index (Phi) is 5.45. The van der Waals surface area contributed by atoms with Crippen LogP contribution in [-0.2, 0) is 17.6 Å². The quantitative estimate of drug-likeness (QED) is 0.865. The van der Waals surface area contributed by atoms with E-state index in [1.807, 2.05) is 6.92 Å². The van der Waals surface area contributed by atoms with E-state index in [2.05, 4.69) is 28.8 Å². The molecule has 0 unspecified atom stereocenters. The Morgan fingerprint density at radius 2 is 1.85 bits per heavy atom. The fraction of sp³-hybridized carbons (Fsp3) is 0.429. The minimum absolute atomic E-state index is 0.0578. The number of carbonyl (C=O) groups is 2. The monoisotopic (exact) mass is 354 g/mol. The van der Waals surface area contributed by atoms with Crippen molar-refractivity contribution in [3.63, 3.8) is 0 Å². The zero-order valence-corrected chi connectivity index (χ0v) is 15.6. The summed E-state index contributed by atoms with van der Waals surface area (Å²) >= 11 is 0. The highest BCUT2D eigenvalue weighted by Crippen LogP contribution is 2.24. The molecule has 2 amide bonds. The summed E-state index contributed by atoms with van der Waals surface area (Å²) in [7, 11) is 0. The first-order valence-corrected chi connectivity index (χ1v) is 9.20. The van der Waals surface area contributed by atoms with Crippen molar-refractivity contribution in [1.82, 2.24) is 10.6 Å². The van der Waals surface area contributed by atoms with E-state index in [9.17, 15) is 9.59 Å². The second-order valence-electron chi connectivity index (χ2n) is 7.03. The van der Waals surface area contributed by atoms with Crippen molar-refractivity contribution in [2.75, 3.05) is 6.54 Å². The molecular weight excluding hydrogens is 328 g/mol. The average molecular weight is 354 g/mol. The molecule has 0 radical (unpaired) electrons. The molecule has 0 saturated heterocycles. The Balaban J connectivity index is 1.54. The molecule has 1 aliphatic rings. The maximum Gasteiger partial charge on any atom is 0.255 e. The Hall–Kier alpha value is -2.56. The molecule has 5 nitrogen and oxygen atoms in total. The zero-order valence-electron chi connectivity index (χ0n) is 15.6. The molecule has 3 rings (SSSR count). The van der Waals surface area contributed by atoms with Crippen molar-refractivity contribution in [2.45, 2.75) is 52.5 Å². The third-order valence-corrected chi connectivity index (χ3v) is 4.95. The molecule has 0 fully saturated rings. The summed E-state index contributed by atoms with van der Waals surface area (Å²) in [5.74, 6) is 0.735. The number of furan rings is 1. The molecule has 5 heteroatoms. The highest BCUT2D eigenvalue weighted by Gasteiger charge is 2.16. The lowest BCUT2D eigenvalue weighted by Crippen LogP contribution is -2.38. The number of hydrogen-bond donors (Lipinski definition) is 2. The molecule has 0 aliphatic heterocycles. The van der Waals surface area contributed by atoms with E-state index < -0.39 is 0 Å². The number of aryl methyl sites for hydroxylation is 4. The van der Waals surface area contributed by atoms with Gasteiger partial charge < -0.3 is 15.1 Å². The molecule has 1 aliphatic carbocycles. The summed E-state index contributed by atoms with van der Waals surface area (Å²) < 4.78 is 5.35. The number of amides is 2. The second-order valence-corrected chi connectivity index (χ2v) is 7.03. The molecule has 0 spiro atoms. The van der Waals surface area contributed by atoms with E-state index in [1.165, 1.54) is 24.0 Å². The number of hydrogen-bond acceptors (Lipinski definition) is 3. The van der Waals surface area contributed by atoms with Crippen LogP contribution in [0.15, 0.2) is 28.7 Å². The second kappa shape index (κ2) is 7.77. The Bertz CT molecular complexity index is 823. The average Bonchev–Trinajstić information content (AvgIpc) is 2.97. The third-order valence-electron chi connectivity index (χ3n) is 4.95. The van der Waals surface area contributed by atoms with Crippen LogP contribution in [0.4, 0.5) is 0 Å². The Morgan fingerprint density at radius 3 is 2.54 bits per heavy atom. The van der Waals surface area contributed by atoms with Crippen LogP contribution >= 0.6 is 0 Å². The SMILES string of the molecule is Cc1cc(C(=O)NCC(=O)N[C@@H](C)c2ccc3c(c2)CCCC3)c(C)o1. The van der Waals surface area contributed by atoms with Crippen LogP contribution in [0.25, 0.3) is 0 Å². The van der Waals surface area contributed by atoms with Gasteiger partial charge in [-0.2, -0.15) is 0 Å². The van der Waals surface area contributed by atoms with E-state index in [4.69, 9.17) is 4.42 Å². The normalized spacial score (nSPS) is 14.4. The molecule has 26 heavy (non-hydrogen) atoms. The van der Waals surface area contributed by atoms with Crippen LogP contribution in [0.1, 0.15) is 64.4 Å². The van der Waals surface area contributed by atoms with Gasteiger partial charge in [-0.05, 0) is 69.2 Å². The lowest BCUT2D eigenvalue weighted by molar-refractivity contribution is -0.120. The highest BCUT2D eigenvalue weighted by atomic mass is 16.3. The van der Waals surface area contributed by atoms with Crippen LogP contribution in [-0.4, -0.2) is 18.4 Å². The molecule has 2 N–H and O–H groups in total. The van der Waals surface area contributed by atoms with E-state index in [0.29, 0.717) is 17.1 Å². The largest absolute Gasteiger partial charge is 0.466 e. The van der Waals surface area contributed by atoms with Crippen LogP contribution in [0.5, 0.6) is 0 Å². The summed E-state index contributed by atoms with van der Waals surface area (Å²) in [5, 5.41) is 5.60. The van der Waals surface area contributed by atoms with E-state index in [1.54, 1.807) is 19.9 Å². The fourth-order valence-corrected chi connectivity index (χ4v) is 3.51. The van der Waals surface area contributed by atoms with Gasteiger partial charge >= 0.3 is 0 Å². The molecule has 0 saturated carbocycles. The minimum Gasteiger partial charge on any atom is -0.466 e. The first-order valence-electron chi connectivity index (χ1n) is 9.20. The third kappa shape index (κ3) is 4.15. The van der Waals surface area contributed by atoms with E-state index >= 15 is 0 Å². The summed E-state index contributed by atoms with van der Waals surface area (Å²) in [5.41, 5.74) is 4.40. The summed E-state index contributed by atoms with van der Waals surface area (Å²) in [6.45, 7) is 5.43.